The second kappa shape index (κ2) is 7.00. The first-order chi connectivity index (χ1) is 10.0. The van der Waals surface area contributed by atoms with Crippen molar-refractivity contribution in [2.75, 3.05) is 6.26 Å². The van der Waals surface area contributed by atoms with Crippen LogP contribution in [-0.4, -0.2) is 22.1 Å². The first kappa shape index (κ1) is 15.9. The average Bonchev–Trinajstić information content (AvgIpc) is 2.74. The Morgan fingerprint density at radius 2 is 2.00 bits per heavy atom. The smallest absolute Gasteiger partial charge is 0.221 e. The molecule has 1 aromatic carbocycles. The molecule has 0 radical (unpaired) electrons. The lowest BCUT2D eigenvalue weighted by Gasteiger charge is -2.12. The van der Waals surface area contributed by atoms with E-state index in [-0.39, 0.29) is 6.04 Å². The quantitative estimate of drug-likeness (QED) is 0.830. The Kier molecular flexibility index (Phi) is 5.31. The molecule has 1 heterocycles. The van der Waals surface area contributed by atoms with Gasteiger partial charge < -0.3 is 10.5 Å². The van der Waals surface area contributed by atoms with E-state index in [1.54, 1.807) is 16.4 Å². The maximum atomic E-state index is 6.09. The van der Waals surface area contributed by atoms with Gasteiger partial charge in [-0.05, 0) is 50.3 Å². The van der Waals surface area contributed by atoms with Crippen LogP contribution >= 0.6 is 11.8 Å². The predicted octanol–water partition coefficient (Wildman–Crippen LogP) is 3.52. The molecule has 0 aliphatic carbocycles. The van der Waals surface area contributed by atoms with E-state index in [4.69, 9.17) is 10.5 Å². The molecule has 0 bridgehead atoms. The molecular formula is C16H23N3OS. The lowest BCUT2D eigenvalue weighted by atomic mass is 10.1. The molecule has 1 unspecified atom stereocenters. The number of aryl methyl sites for hydroxylation is 2. The Hall–Kier alpha value is -1.46. The summed E-state index contributed by atoms with van der Waals surface area (Å²) in [6.45, 7) is 4.10. The fraction of sp³-hybridized carbons (Fsp3) is 0.438. The summed E-state index contributed by atoms with van der Waals surface area (Å²) in [7, 11) is 1.90. The molecule has 0 aliphatic heterocycles. The number of thioether (sulfide) groups is 1. The van der Waals surface area contributed by atoms with Crippen molar-refractivity contribution in [3.8, 4) is 11.6 Å². The number of rotatable bonds is 6. The van der Waals surface area contributed by atoms with Crippen molar-refractivity contribution in [1.29, 1.82) is 0 Å². The average molecular weight is 305 g/mol. The Morgan fingerprint density at radius 1 is 1.33 bits per heavy atom. The third-order valence-corrected chi connectivity index (χ3v) is 4.30. The molecule has 0 saturated carbocycles. The topological polar surface area (TPSA) is 53.1 Å². The van der Waals surface area contributed by atoms with Gasteiger partial charge in [0, 0.05) is 23.5 Å². The van der Waals surface area contributed by atoms with Gasteiger partial charge in [-0.25, -0.2) is 4.68 Å². The van der Waals surface area contributed by atoms with Gasteiger partial charge in [0.05, 0.1) is 5.69 Å². The van der Waals surface area contributed by atoms with E-state index in [0.717, 1.165) is 35.7 Å². The fourth-order valence-corrected chi connectivity index (χ4v) is 2.61. The summed E-state index contributed by atoms with van der Waals surface area (Å²) in [5.74, 6) is 1.61. The van der Waals surface area contributed by atoms with Crippen LogP contribution in [-0.2, 0) is 13.5 Å². The first-order valence-electron chi connectivity index (χ1n) is 7.15. The molecular weight excluding hydrogens is 282 g/mol. The summed E-state index contributed by atoms with van der Waals surface area (Å²) in [5, 5.41) is 4.46. The number of aromatic nitrogens is 2. The van der Waals surface area contributed by atoms with E-state index in [0.29, 0.717) is 0 Å². The zero-order valence-electron chi connectivity index (χ0n) is 13.1. The zero-order chi connectivity index (χ0) is 15.4. The van der Waals surface area contributed by atoms with Gasteiger partial charge >= 0.3 is 0 Å². The van der Waals surface area contributed by atoms with E-state index < -0.39 is 0 Å². The third kappa shape index (κ3) is 3.80. The number of hydrogen-bond donors (Lipinski definition) is 1. The lowest BCUT2D eigenvalue weighted by molar-refractivity contribution is 0.423. The summed E-state index contributed by atoms with van der Waals surface area (Å²) >= 11 is 1.72. The minimum Gasteiger partial charge on any atom is -0.439 e. The number of ether oxygens (including phenoxy) is 1. The molecule has 0 amide bonds. The lowest BCUT2D eigenvalue weighted by Crippen LogP contribution is -2.21. The van der Waals surface area contributed by atoms with Crippen LogP contribution in [0, 0.1) is 6.92 Å². The van der Waals surface area contributed by atoms with Gasteiger partial charge in [-0.15, -0.1) is 11.8 Å². The highest BCUT2D eigenvalue weighted by Gasteiger charge is 2.17. The van der Waals surface area contributed by atoms with E-state index in [2.05, 4.69) is 30.4 Å². The zero-order valence-corrected chi connectivity index (χ0v) is 13.9. The van der Waals surface area contributed by atoms with Gasteiger partial charge in [-0.3, -0.25) is 0 Å². The molecule has 2 rings (SSSR count). The number of benzene rings is 1. The van der Waals surface area contributed by atoms with Crippen LogP contribution in [0.3, 0.4) is 0 Å². The van der Waals surface area contributed by atoms with Crippen LogP contribution in [0.4, 0.5) is 0 Å². The van der Waals surface area contributed by atoms with Crippen molar-refractivity contribution in [3.05, 3.63) is 35.5 Å². The third-order valence-electron chi connectivity index (χ3n) is 3.55. The number of nitrogens with zero attached hydrogens (tertiary/aromatic N) is 2. The van der Waals surface area contributed by atoms with Gasteiger partial charge in [0.25, 0.3) is 0 Å². The summed E-state index contributed by atoms with van der Waals surface area (Å²) in [6.07, 6.45) is 3.79. The standard InChI is InChI=1S/C16H23N3OS/c1-5-12(17)10-15-11(2)18-19(3)16(15)20-13-6-8-14(21-4)9-7-13/h6-9,12H,5,10,17H2,1-4H3. The van der Waals surface area contributed by atoms with Crippen molar-refractivity contribution in [2.45, 2.75) is 37.6 Å². The minimum atomic E-state index is 0.133. The molecule has 2 aromatic rings. The van der Waals surface area contributed by atoms with Crippen LogP contribution in [0.2, 0.25) is 0 Å². The molecule has 2 N–H and O–H groups in total. The number of nitrogens with two attached hydrogens (primary N) is 1. The molecule has 0 aliphatic rings. The van der Waals surface area contributed by atoms with Gasteiger partial charge in [0.2, 0.25) is 5.88 Å². The molecule has 4 nitrogen and oxygen atoms in total. The first-order valence-corrected chi connectivity index (χ1v) is 8.37. The van der Waals surface area contributed by atoms with Gasteiger partial charge in [-0.2, -0.15) is 5.10 Å². The molecule has 1 atom stereocenters. The molecule has 21 heavy (non-hydrogen) atoms. The van der Waals surface area contributed by atoms with Crippen LogP contribution in [0.1, 0.15) is 24.6 Å². The fourth-order valence-electron chi connectivity index (χ4n) is 2.21. The van der Waals surface area contributed by atoms with E-state index in [1.807, 2.05) is 26.1 Å². The summed E-state index contributed by atoms with van der Waals surface area (Å²) < 4.78 is 7.83. The summed E-state index contributed by atoms with van der Waals surface area (Å²) in [4.78, 5) is 1.22. The highest BCUT2D eigenvalue weighted by Crippen LogP contribution is 2.29. The molecule has 0 fully saturated rings. The Labute approximate surface area is 130 Å². The highest BCUT2D eigenvalue weighted by molar-refractivity contribution is 7.98. The molecule has 114 valence electrons. The SMILES string of the molecule is CCC(N)Cc1c(C)nn(C)c1Oc1ccc(SC)cc1. The van der Waals surface area contributed by atoms with Crippen molar-refractivity contribution in [3.63, 3.8) is 0 Å². The van der Waals surface area contributed by atoms with Crippen LogP contribution in [0.25, 0.3) is 0 Å². The normalized spacial score (nSPS) is 12.4. The van der Waals surface area contributed by atoms with E-state index >= 15 is 0 Å². The molecule has 1 aromatic heterocycles. The van der Waals surface area contributed by atoms with Crippen molar-refractivity contribution < 1.29 is 4.74 Å². The van der Waals surface area contributed by atoms with E-state index in [9.17, 15) is 0 Å². The maximum absolute atomic E-state index is 6.09. The molecule has 0 saturated heterocycles. The highest BCUT2D eigenvalue weighted by atomic mass is 32.2. The molecule has 5 heteroatoms. The molecule has 0 spiro atoms. The van der Waals surface area contributed by atoms with Gasteiger partial charge in [0.1, 0.15) is 5.75 Å². The summed E-state index contributed by atoms with van der Waals surface area (Å²) in [6, 6.07) is 8.21. The van der Waals surface area contributed by atoms with Crippen molar-refractivity contribution in [1.82, 2.24) is 9.78 Å². The van der Waals surface area contributed by atoms with Crippen LogP contribution < -0.4 is 10.5 Å². The van der Waals surface area contributed by atoms with Crippen molar-refractivity contribution in [2.24, 2.45) is 12.8 Å². The Morgan fingerprint density at radius 3 is 2.57 bits per heavy atom. The van der Waals surface area contributed by atoms with Gasteiger partial charge in [0.15, 0.2) is 0 Å². The van der Waals surface area contributed by atoms with Crippen molar-refractivity contribution >= 4 is 11.8 Å². The van der Waals surface area contributed by atoms with E-state index in [1.165, 1.54) is 4.90 Å². The Balaban J connectivity index is 2.25. The maximum Gasteiger partial charge on any atom is 0.221 e. The number of hydrogen-bond acceptors (Lipinski definition) is 4. The Bertz CT molecular complexity index is 592. The minimum absolute atomic E-state index is 0.133. The largest absolute Gasteiger partial charge is 0.439 e. The second-order valence-corrected chi connectivity index (χ2v) is 6.02. The predicted molar refractivity (Wildman–Crippen MR) is 88.2 cm³/mol. The second-order valence-electron chi connectivity index (χ2n) is 5.14. The summed E-state index contributed by atoms with van der Waals surface area (Å²) in [5.41, 5.74) is 8.17. The van der Waals surface area contributed by atoms with Crippen LogP contribution in [0.5, 0.6) is 11.6 Å². The monoisotopic (exact) mass is 305 g/mol. The van der Waals surface area contributed by atoms with Crippen LogP contribution in [0.15, 0.2) is 29.2 Å². The van der Waals surface area contributed by atoms with Gasteiger partial charge in [-0.1, -0.05) is 6.92 Å².